The van der Waals surface area contributed by atoms with Crippen LogP contribution in [-0.2, 0) is 9.53 Å². The molecule has 0 radical (unpaired) electrons. The molecule has 1 aliphatic carbocycles. The van der Waals surface area contributed by atoms with Gasteiger partial charge in [-0.1, -0.05) is 27.2 Å². The van der Waals surface area contributed by atoms with E-state index in [0.717, 1.165) is 12.5 Å². The van der Waals surface area contributed by atoms with Gasteiger partial charge in [0.05, 0.1) is 12.3 Å². The Morgan fingerprint density at radius 1 is 1.44 bits per heavy atom. The average molecular weight is 226 g/mol. The van der Waals surface area contributed by atoms with Crippen LogP contribution in [0.1, 0.15) is 40.0 Å². The number of carbonyl (C=O) groups is 1. The van der Waals surface area contributed by atoms with Crippen LogP contribution in [0.3, 0.4) is 0 Å². The lowest BCUT2D eigenvalue weighted by atomic mass is 9.75. The summed E-state index contributed by atoms with van der Waals surface area (Å²) in [7, 11) is 0. The summed E-state index contributed by atoms with van der Waals surface area (Å²) in [5.41, 5.74) is 0. The van der Waals surface area contributed by atoms with Gasteiger partial charge in [-0.25, -0.2) is 4.79 Å². The van der Waals surface area contributed by atoms with Crippen molar-refractivity contribution >= 4 is 5.97 Å². The SMILES string of the molecule is CC1CCC(C(C)C)C(OC=CC(=O)O)C1. The normalized spacial score (nSPS) is 30.9. The zero-order chi connectivity index (χ0) is 12.1. The van der Waals surface area contributed by atoms with Crippen molar-refractivity contribution in [1.82, 2.24) is 0 Å². The summed E-state index contributed by atoms with van der Waals surface area (Å²) in [5.74, 6) is 0.869. The number of hydrogen-bond acceptors (Lipinski definition) is 2. The fourth-order valence-electron chi connectivity index (χ4n) is 2.47. The Hall–Kier alpha value is -0.990. The van der Waals surface area contributed by atoms with Gasteiger partial charge in [-0.2, -0.15) is 0 Å². The van der Waals surface area contributed by atoms with E-state index in [1.54, 1.807) is 0 Å². The lowest BCUT2D eigenvalue weighted by molar-refractivity contribution is -0.131. The van der Waals surface area contributed by atoms with Crippen LogP contribution in [0, 0.1) is 17.8 Å². The van der Waals surface area contributed by atoms with Gasteiger partial charge in [-0.05, 0) is 30.6 Å². The molecule has 1 saturated carbocycles. The molecular formula is C13H22O3. The highest BCUT2D eigenvalue weighted by molar-refractivity contribution is 5.79. The van der Waals surface area contributed by atoms with E-state index in [4.69, 9.17) is 9.84 Å². The third-order valence-electron chi connectivity index (χ3n) is 3.43. The van der Waals surface area contributed by atoms with Crippen LogP contribution in [0.25, 0.3) is 0 Å². The molecule has 3 unspecified atom stereocenters. The van der Waals surface area contributed by atoms with Crippen molar-refractivity contribution in [1.29, 1.82) is 0 Å². The molecule has 16 heavy (non-hydrogen) atoms. The summed E-state index contributed by atoms with van der Waals surface area (Å²) in [4.78, 5) is 10.4. The number of carboxylic acids is 1. The monoisotopic (exact) mass is 226 g/mol. The molecule has 0 saturated heterocycles. The van der Waals surface area contributed by atoms with Gasteiger partial charge in [-0.15, -0.1) is 0 Å². The highest BCUT2D eigenvalue weighted by Gasteiger charge is 2.31. The number of hydrogen-bond donors (Lipinski definition) is 1. The zero-order valence-electron chi connectivity index (χ0n) is 10.3. The van der Waals surface area contributed by atoms with E-state index in [9.17, 15) is 4.79 Å². The van der Waals surface area contributed by atoms with E-state index in [-0.39, 0.29) is 6.10 Å². The van der Waals surface area contributed by atoms with Crippen LogP contribution in [0.15, 0.2) is 12.3 Å². The van der Waals surface area contributed by atoms with E-state index in [0.29, 0.717) is 17.8 Å². The fourth-order valence-corrected chi connectivity index (χ4v) is 2.47. The molecule has 0 amide bonds. The van der Waals surface area contributed by atoms with Gasteiger partial charge in [0, 0.05) is 0 Å². The van der Waals surface area contributed by atoms with Gasteiger partial charge in [0.2, 0.25) is 0 Å². The van der Waals surface area contributed by atoms with Crippen LogP contribution in [-0.4, -0.2) is 17.2 Å². The van der Waals surface area contributed by atoms with Crippen LogP contribution in [0.4, 0.5) is 0 Å². The van der Waals surface area contributed by atoms with Crippen LogP contribution < -0.4 is 0 Å². The van der Waals surface area contributed by atoms with Gasteiger partial charge >= 0.3 is 5.97 Å². The summed E-state index contributed by atoms with van der Waals surface area (Å²) in [6.07, 6.45) is 6.05. The lowest BCUT2D eigenvalue weighted by Crippen LogP contribution is -2.33. The molecule has 0 aromatic carbocycles. The standard InChI is InChI=1S/C13H22O3/c1-9(2)11-5-4-10(3)8-12(11)16-7-6-13(14)15/h6-7,9-12H,4-5,8H2,1-3H3,(H,14,15). The van der Waals surface area contributed by atoms with Gasteiger partial charge < -0.3 is 9.84 Å². The van der Waals surface area contributed by atoms with Crippen molar-refractivity contribution in [3.05, 3.63) is 12.3 Å². The minimum absolute atomic E-state index is 0.180. The minimum Gasteiger partial charge on any atom is -0.497 e. The maximum Gasteiger partial charge on any atom is 0.331 e. The van der Waals surface area contributed by atoms with E-state index in [1.807, 2.05) is 0 Å². The van der Waals surface area contributed by atoms with Gasteiger partial charge in [0.25, 0.3) is 0 Å². The molecule has 3 nitrogen and oxygen atoms in total. The van der Waals surface area contributed by atoms with Crippen LogP contribution in [0.5, 0.6) is 0 Å². The topological polar surface area (TPSA) is 46.5 Å². The Kier molecular flexibility index (Phi) is 4.84. The summed E-state index contributed by atoms with van der Waals surface area (Å²) in [5, 5.41) is 8.50. The van der Waals surface area contributed by atoms with E-state index in [1.165, 1.54) is 19.1 Å². The first kappa shape index (κ1) is 13.1. The van der Waals surface area contributed by atoms with Gasteiger partial charge in [0.1, 0.15) is 6.10 Å². The molecule has 1 aliphatic rings. The molecule has 1 rings (SSSR count). The molecule has 0 bridgehead atoms. The van der Waals surface area contributed by atoms with Gasteiger partial charge in [-0.3, -0.25) is 0 Å². The van der Waals surface area contributed by atoms with Crippen molar-refractivity contribution < 1.29 is 14.6 Å². The highest BCUT2D eigenvalue weighted by Crippen LogP contribution is 2.35. The highest BCUT2D eigenvalue weighted by atomic mass is 16.5. The molecule has 3 atom stereocenters. The Morgan fingerprint density at radius 2 is 2.12 bits per heavy atom. The second kappa shape index (κ2) is 5.92. The van der Waals surface area contributed by atoms with Crippen molar-refractivity contribution in [3.8, 4) is 0 Å². The van der Waals surface area contributed by atoms with E-state index < -0.39 is 5.97 Å². The van der Waals surface area contributed by atoms with Gasteiger partial charge in [0.15, 0.2) is 0 Å². The number of ether oxygens (including phenoxy) is 1. The first-order valence-electron chi connectivity index (χ1n) is 6.05. The second-order valence-electron chi connectivity index (χ2n) is 5.14. The second-order valence-corrected chi connectivity index (χ2v) is 5.14. The quantitative estimate of drug-likeness (QED) is 0.592. The lowest BCUT2D eigenvalue weighted by Gasteiger charge is -2.36. The van der Waals surface area contributed by atoms with Crippen molar-refractivity contribution in [3.63, 3.8) is 0 Å². The zero-order valence-corrected chi connectivity index (χ0v) is 10.3. The third-order valence-corrected chi connectivity index (χ3v) is 3.43. The maximum atomic E-state index is 10.4. The molecular weight excluding hydrogens is 204 g/mol. The van der Waals surface area contributed by atoms with Crippen molar-refractivity contribution in [2.24, 2.45) is 17.8 Å². The van der Waals surface area contributed by atoms with Crippen LogP contribution >= 0.6 is 0 Å². The number of rotatable bonds is 4. The number of aliphatic carboxylic acids is 1. The van der Waals surface area contributed by atoms with Crippen LogP contribution in [0.2, 0.25) is 0 Å². The predicted molar refractivity (Wildman–Crippen MR) is 63.0 cm³/mol. The summed E-state index contributed by atoms with van der Waals surface area (Å²) >= 11 is 0. The largest absolute Gasteiger partial charge is 0.497 e. The fraction of sp³-hybridized carbons (Fsp3) is 0.769. The van der Waals surface area contributed by atoms with E-state index >= 15 is 0 Å². The molecule has 1 fully saturated rings. The van der Waals surface area contributed by atoms with E-state index in [2.05, 4.69) is 20.8 Å². The smallest absolute Gasteiger partial charge is 0.331 e. The Morgan fingerprint density at radius 3 is 2.69 bits per heavy atom. The van der Waals surface area contributed by atoms with Crippen molar-refractivity contribution in [2.75, 3.05) is 0 Å². The summed E-state index contributed by atoms with van der Waals surface area (Å²) in [6, 6.07) is 0. The Labute approximate surface area is 97.5 Å². The first-order chi connectivity index (χ1) is 7.50. The average Bonchev–Trinajstić information content (AvgIpc) is 2.16. The summed E-state index contributed by atoms with van der Waals surface area (Å²) in [6.45, 7) is 6.64. The molecule has 0 aromatic rings. The molecule has 0 heterocycles. The molecule has 3 heteroatoms. The minimum atomic E-state index is -0.954. The molecule has 0 aliphatic heterocycles. The third kappa shape index (κ3) is 3.87. The first-order valence-corrected chi connectivity index (χ1v) is 6.05. The summed E-state index contributed by atoms with van der Waals surface area (Å²) < 4.78 is 5.58. The molecule has 1 N–H and O–H groups in total. The molecule has 0 spiro atoms. The number of carboxylic acid groups (broad SMARTS) is 1. The molecule has 92 valence electrons. The predicted octanol–water partition coefficient (Wildman–Crippen LogP) is 3.06. The molecule has 0 aromatic heterocycles. The Bertz CT molecular complexity index is 258. The maximum absolute atomic E-state index is 10.4. The Balaban J connectivity index is 2.54. The van der Waals surface area contributed by atoms with Crippen molar-refractivity contribution in [2.45, 2.75) is 46.1 Å².